The summed E-state index contributed by atoms with van der Waals surface area (Å²) in [7, 11) is 0. The average molecular weight is 234 g/mol. The number of aryl methyl sites for hydroxylation is 2. The third-order valence-electron chi connectivity index (χ3n) is 2.79. The van der Waals surface area contributed by atoms with Crippen LogP contribution in [-0.2, 0) is 0 Å². The van der Waals surface area contributed by atoms with Crippen LogP contribution >= 0.6 is 0 Å². The largest absolute Gasteiger partial charge is 0.338 e. The van der Waals surface area contributed by atoms with Crippen LogP contribution < -0.4 is 10.6 Å². The van der Waals surface area contributed by atoms with Gasteiger partial charge >= 0.3 is 6.03 Å². The van der Waals surface area contributed by atoms with E-state index < -0.39 is 0 Å². The van der Waals surface area contributed by atoms with Gasteiger partial charge in [0.05, 0.1) is 0 Å². The highest BCUT2D eigenvalue weighted by Gasteiger charge is 2.05. The lowest BCUT2D eigenvalue weighted by atomic mass is 10.1. The highest BCUT2D eigenvalue weighted by Crippen LogP contribution is 2.18. The molecule has 2 N–H and O–H groups in total. The molecule has 0 spiro atoms. The van der Waals surface area contributed by atoms with Crippen molar-refractivity contribution in [3.05, 3.63) is 29.3 Å². The number of urea groups is 1. The monoisotopic (exact) mass is 234 g/mol. The molecule has 0 radical (unpaired) electrons. The van der Waals surface area contributed by atoms with Crippen molar-refractivity contribution in [3.63, 3.8) is 0 Å². The molecule has 0 saturated heterocycles. The number of amides is 2. The van der Waals surface area contributed by atoms with Gasteiger partial charge in [0.15, 0.2) is 0 Å². The van der Waals surface area contributed by atoms with Crippen molar-refractivity contribution < 1.29 is 4.79 Å². The summed E-state index contributed by atoms with van der Waals surface area (Å²) in [4.78, 5) is 11.7. The fraction of sp³-hybridized carbons (Fsp3) is 0.500. The van der Waals surface area contributed by atoms with Gasteiger partial charge in [0.25, 0.3) is 0 Å². The zero-order valence-electron chi connectivity index (χ0n) is 11.0. The summed E-state index contributed by atoms with van der Waals surface area (Å²) in [6, 6.07) is 5.88. The number of anilines is 1. The highest BCUT2D eigenvalue weighted by molar-refractivity contribution is 5.90. The van der Waals surface area contributed by atoms with Crippen LogP contribution in [0.25, 0.3) is 0 Å². The molecule has 0 aliphatic rings. The van der Waals surface area contributed by atoms with E-state index in [2.05, 4.69) is 17.6 Å². The number of para-hydroxylation sites is 1. The Bertz CT molecular complexity index is 354. The van der Waals surface area contributed by atoms with Gasteiger partial charge in [-0.15, -0.1) is 0 Å². The van der Waals surface area contributed by atoms with Gasteiger partial charge in [-0.3, -0.25) is 0 Å². The van der Waals surface area contributed by atoms with Crippen LogP contribution in [0.15, 0.2) is 18.2 Å². The maximum absolute atomic E-state index is 11.7. The molecule has 3 nitrogen and oxygen atoms in total. The lowest BCUT2D eigenvalue weighted by Crippen LogP contribution is -2.30. The predicted octanol–water partition coefficient (Wildman–Crippen LogP) is 3.62. The summed E-state index contributed by atoms with van der Waals surface area (Å²) >= 11 is 0. The first-order valence-corrected chi connectivity index (χ1v) is 6.26. The lowest BCUT2D eigenvalue weighted by molar-refractivity contribution is 0.252. The van der Waals surface area contributed by atoms with E-state index in [1.807, 2.05) is 32.0 Å². The summed E-state index contributed by atoms with van der Waals surface area (Å²) in [6.45, 7) is 6.89. The molecule has 0 aromatic heterocycles. The molecule has 1 aromatic rings. The third-order valence-corrected chi connectivity index (χ3v) is 2.79. The number of carbonyl (C=O) groups is 1. The predicted molar refractivity (Wildman–Crippen MR) is 72.5 cm³/mol. The van der Waals surface area contributed by atoms with E-state index in [1.54, 1.807) is 0 Å². The zero-order valence-corrected chi connectivity index (χ0v) is 11.0. The molecule has 0 atom stereocenters. The normalized spacial score (nSPS) is 10.1. The Labute approximate surface area is 104 Å². The second kappa shape index (κ2) is 6.94. The first-order valence-electron chi connectivity index (χ1n) is 6.26. The molecule has 0 saturated carbocycles. The van der Waals surface area contributed by atoms with Gasteiger partial charge in [0, 0.05) is 12.2 Å². The van der Waals surface area contributed by atoms with E-state index in [4.69, 9.17) is 0 Å². The van der Waals surface area contributed by atoms with Gasteiger partial charge < -0.3 is 10.6 Å². The molecule has 0 unspecified atom stereocenters. The molecule has 2 amide bonds. The topological polar surface area (TPSA) is 41.1 Å². The maximum Gasteiger partial charge on any atom is 0.319 e. The van der Waals surface area contributed by atoms with Crippen LogP contribution in [-0.4, -0.2) is 12.6 Å². The second-order valence-electron chi connectivity index (χ2n) is 4.35. The SMILES string of the molecule is CCCCCNC(=O)Nc1c(C)cccc1C. The number of benzene rings is 1. The summed E-state index contributed by atoms with van der Waals surface area (Å²) in [5.41, 5.74) is 3.10. The minimum absolute atomic E-state index is 0.112. The number of nitrogens with one attached hydrogen (secondary N) is 2. The van der Waals surface area contributed by atoms with Crippen LogP contribution in [0.1, 0.15) is 37.3 Å². The minimum atomic E-state index is -0.112. The first-order chi connectivity index (χ1) is 8.15. The molecular formula is C14H22N2O. The first kappa shape index (κ1) is 13.6. The Morgan fingerprint density at radius 3 is 2.41 bits per heavy atom. The fourth-order valence-electron chi connectivity index (χ4n) is 1.75. The van der Waals surface area contributed by atoms with E-state index in [1.165, 1.54) is 6.42 Å². The van der Waals surface area contributed by atoms with Gasteiger partial charge in [-0.1, -0.05) is 38.0 Å². The smallest absolute Gasteiger partial charge is 0.319 e. The van der Waals surface area contributed by atoms with Crippen molar-refractivity contribution in [1.82, 2.24) is 5.32 Å². The summed E-state index contributed by atoms with van der Waals surface area (Å²) in [5, 5.41) is 5.78. The van der Waals surface area contributed by atoms with Crippen molar-refractivity contribution >= 4 is 11.7 Å². The number of hydrogen-bond acceptors (Lipinski definition) is 1. The van der Waals surface area contributed by atoms with Gasteiger partial charge in [-0.25, -0.2) is 4.79 Å². The molecule has 1 rings (SSSR count). The molecule has 94 valence electrons. The molecular weight excluding hydrogens is 212 g/mol. The zero-order chi connectivity index (χ0) is 12.7. The van der Waals surface area contributed by atoms with Crippen molar-refractivity contribution in [2.45, 2.75) is 40.0 Å². The van der Waals surface area contributed by atoms with Crippen molar-refractivity contribution in [1.29, 1.82) is 0 Å². The fourth-order valence-corrected chi connectivity index (χ4v) is 1.75. The van der Waals surface area contributed by atoms with Crippen molar-refractivity contribution in [2.24, 2.45) is 0 Å². The molecule has 1 aromatic carbocycles. The molecule has 3 heteroatoms. The molecule has 0 heterocycles. The quantitative estimate of drug-likeness (QED) is 0.751. The standard InChI is InChI=1S/C14H22N2O/c1-4-5-6-10-15-14(17)16-13-11(2)8-7-9-12(13)3/h7-9H,4-6,10H2,1-3H3,(H2,15,16,17). The summed E-state index contributed by atoms with van der Waals surface area (Å²) < 4.78 is 0. The van der Waals surface area contributed by atoms with E-state index in [-0.39, 0.29) is 6.03 Å². The van der Waals surface area contributed by atoms with Gasteiger partial charge in [-0.05, 0) is 31.4 Å². The van der Waals surface area contributed by atoms with Crippen molar-refractivity contribution in [3.8, 4) is 0 Å². The molecule has 0 bridgehead atoms. The lowest BCUT2D eigenvalue weighted by Gasteiger charge is -2.12. The third kappa shape index (κ3) is 4.47. The Balaban J connectivity index is 2.45. The Hall–Kier alpha value is -1.51. The number of unbranched alkanes of at least 4 members (excludes halogenated alkanes) is 2. The average Bonchev–Trinajstić information content (AvgIpc) is 2.30. The van der Waals surface area contributed by atoms with Crippen LogP contribution in [0, 0.1) is 13.8 Å². The Morgan fingerprint density at radius 1 is 1.18 bits per heavy atom. The number of carbonyl (C=O) groups excluding carboxylic acids is 1. The Morgan fingerprint density at radius 2 is 1.82 bits per heavy atom. The molecule has 0 aliphatic carbocycles. The van der Waals surface area contributed by atoms with Gasteiger partial charge in [-0.2, -0.15) is 0 Å². The van der Waals surface area contributed by atoms with E-state index in [0.717, 1.165) is 36.2 Å². The Kier molecular flexibility index (Phi) is 5.53. The molecule has 0 aliphatic heterocycles. The molecule has 17 heavy (non-hydrogen) atoms. The van der Waals surface area contributed by atoms with E-state index in [0.29, 0.717) is 0 Å². The minimum Gasteiger partial charge on any atom is -0.338 e. The van der Waals surface area contributed by atoms with E-state index >= 15 is 0 Å². The van der Waals surface area contributed by atoms with Gasteiger partial charge in [0.2, 0.25) is 0 Å². The van der Waals surface area contributed by atoms with Crippen molar-refractivity contribution in [2.75, 3.05) is 11.9 Å². The highest BCUT2D eigenvalue weighted by atomic mass is 16.2. The summed E-state index contributed by atoms with van der Waals surface area (Å²) in [6.07, 6.45) is 3.36. The summed E-state index contributed by atoms with van der Waals surface area (Å²) in [5.74, 6) is 0. The molecule has 0 fully saturated rings. The number of rotatable bonds is 5. The van der Waals surface area contributed by atoms with Crippen LogP contribution in [0.4, 0.5) is 10.5 Å². The van der Waals surface area contributed by atoms with Crippen LogP contribution in [0.5, 0.6) is 0 Å². The maximum atomic E-state index is 11.7. The second-order valence-corrected chi connectivity index (χ2v) is 4.35. The number of hydrogen-bond donors (Lipinski definition) is 2. The van der Waals surface area contributed by atoms with Crippen LogP contribution in [0.3, 0.4) is 0 Å². The van der Waals surface area contributed by atoms with Gasteiger partial charge in [0.1, 0.15) is 0 Å². The van der Waals surface area contributed by atoms with Crippen LogP contribution in [0.2, 0.25) is 0 Å². The van der Waals surface area contributed by atoms with E-state index in [9.17, 15) is 4.79 Å².